The van der Waals surface area contributed by atoms with E-state index in [0.29, 0.717) is 24.7 Å². The number of benzene rings is 1. The number of rotatable bonds is 10. The third kappa shape index (κ3) is 6.49. The highest BCUT2D eigenvalue weighted by atomic mass is 16.6. The van der Waals surface area contributed by atoms with E-state index in [-0.39, 0.29) is 12.6 Å². The molecule has 0 unspecified atom stereocenters. The van der Waals surface area contributed by atoms with Gasteiger partial charge >= 0.3 is 5.97 Å². The molecule has 0 aromatic heterocycles. The maximum atomic E-state index is 11.5. The van der Waals surface area contributed by atoms with Crippen molar-refractivity contribution in [1.82, 2.24) is 5.32 Å². The SMILES string of the molecule is CCCCOC(=O)COc1ccc(CNC)cc1OCC. The summed E-state index contributed by atoms with van der Waals surface area (Å²) in [6, 6.07) is 5.67. The first-order chi connectivity index (χ1) is 10.2. The number of nitrogens with one attached hydrogen (secondary N) is 1. The molecule has 0 radical (unpaired) electrons. The molecule has 5 nitrogen and oxygen atoms in total. The first-order valence-electron chi connectivity index (χ1n) is 7.40. The van der Waals surface area contributed by atoms with Crippen LogP contribution in [-0.2, 0) is 16.1 Å². The van der Waals surface area contributed by atoms with Crippen LogP contribution in [0.3, 0.4) is 0 Å². The molecule has 21 heavy (non-hydrogen) atoms. The van der Waals surface area contributed by atoms with Crippen LogP contribution < -0.4 is 14.8 Å². The summed E-state index contributed by atoms with van der Waals surface area (Å²) in [5.74, 6) is 0.848. The highest BCUT2D eigenvalue weighted by Gasteiger charge is 2.09. The van der Waals surface area contributed by atoms with E-state index in [1.807, 2.05) is 39.1 Å². The Morgan fingerprint density at radius 1 is 1.19 bits per heavy atom. The Kier molecular flexibility index (Phi) is 8.28. The van der Waals surface area contributed by atoms with Gasteiger partial charge in [-0.15, -0.1) is 0 Å². The third-order valence-corrected chi connectivity index (χ3v) is 2.80. The van der Waals surface area contributed by atoms with Gasteiger partial charge in [0, 0.05) is 6.54 Å². The second-order valence-corrected chi connectivity index (χ2v) is 4.61. The van der Waals surface area contributed by atoms with E-state index in [0.717, 1.165) is 24.9 Å². The summed E-state index contributed by atoms with van der Waals surface area (Å²) in [5, 5.41) is 3.08. The molecule has 1 aromatic rings. The molecule has 1 rings (SSSR count). The molecule has 0 spiro atoms. The minimum absolute atomic E-state index is 0.102. The Morgan fingerprint density at radius 3 is 2.67 bits per heavy atom. The highest BCUT2D eigenvalue weighted by Crippen LogP contribution is 2.28. The lowest BCUT2D eigenvalue weighted by atomic mass is 10.2. The lowest BCUT2D eigenvalue weighted by Crippen LogP contribution is -2.16. The topological polar surface area (TPSA) is 56.8 Å². The Balaban J connectivity index is 2.58. The van der Waals surface area contributed by atoms with Gasteiger partial charge in [-0.3, -0.25) is 0 Å². The van der Waals surface area contributed by atoms with Gasteiger partial charge < -0.3 is 19.5 Å². The zero-order chi connectivity index (χ0) is 15.5. The maximum absolute atomic E-state index is 11.5. The van der Waals surface area contributed by atoms with Crippen molar-refractivity contribution >= 4 is 5.97 Å². The summed E-state index contributed by atoms with van der Waals surface area (Å²) < 4.78 is 16.1. The number of carbonyl (C=O) groups excluding carboxylic acids is 1. The molecule has 0 atom stereocenters. The van der Waals surface area contributed by atoms with Gasteiger partial charge in [-0.05, 0) is 38.1 Å². The average Bonchev–Trinajstić information content (AvgIpc) is 2.47. The Labute approximate surface area is 126 Å². The molecule has 0 fully saturated rings. The second-order valence-electron chi connectivity index (χ2n) is 4.61. The van der Waals surface area contributed by atoms with Gasteiger partial charge in [0.1, 0.15) is 0 Å². The minimum Gasteiger partial charge on any atom is -0.490 e. The normalized spacial score (nSPS) is 10.2. The monoisotopic (exact) mass is 295 g/mol. The molecule has 0 saturated carbocycles. The maximum Gasteiger partial charge on any atom is 0.344 e. The fourth-order valence-corrected chi connectivity index (χ4v) is 1.76. The van der Waals surface area contributed by atoms with E-state index < -0.39 is 0 Å². The van der Waals surface area contributed by atoms with Gasteiger partial charge in [-0.1, -0.05) is 19.4 Å². The van der Waals surface area contributed by atoms with Crippen LogP contribution in [0.25, 0.3) is 0 Å². The molecule has 0 saturated heterocycles. The summed E-state index contributed by atoms with van der Waals surface area (Å²) in [7, 11) is 1.89. The molecule has 1 aromatic carbocycles. The van der Waals surface area contributed by atoms with Crippen molar-refractivity contribution in [3.63, 3.8) is 0 Å². The number of ether oxygens (including phenoxy) is 3. The van der Waals surface area contributed by atoms with Crippen molar-refractivity contribution in [2.24, 2.45) is 0 Å². The van der Waals surface area contributed by atoms with Crippen LogP contribution in [0.4, 0.5) is 0 Å². The quantitative estimate of drug-likeness (QED) is 0.531. The van der Waals surface area contributed by atoms with Crippen molar-refractivity contribution < 1.29 is 19.0 Å². The smallest absolute Gasteiger partial charge is 0.344 e. The van der Waals surface area contributed by atoms with Gasteiger partial charge in [0.25, 0.3) is 0 Å². The predicted molar refractivity (Wildman–Crippen MR) is 81.7 cm³/mol. The van der Waals surface area contributed by atoms with Crippen LogP contribution in [0, 0.1) is 0 Å². The molecule has 1 N–H and O–H groups in total. The van der Waals surface area contributed by atoms with Crippen LogP contribution >= 0.6 is 0 Å². The molecule has 0 aliphatic carbocycles. The Morgan fingerprint density at radius 2 is 2.00 bits per heavy atom. The summed E-state index contributed by atoms with van der Waals surface area (Å²) >= 11 is 0. The van der Waals surface area contributed by atoms with E-state index in [4.69, 9.17) is 14.2 Å². The number of hydrogen-bond acceptors (Lipinski definition) is 5. The van der Waals surface area contributed by atoms with Gasteiger partial charge in [0.15, 0.2) is 18.1 Å². The van der Waals surface area contributed by atoms with Crippen molar-refractivity contribution in [2.45, 2.75) is 33.2 Å². The number of carbonyl (C=O) groups is 1. The van der Waals surface area contributed by atoms with Crippen LogP contribution in [0.15, 0.2) is 18.2 Å². The first-order valence-corrected chi connectivity index (χ1v) is 7.40. The minimum atomic E-state index is -0.356. The summed E-state index contributed by atoms with van der Waals surface area (Å²) in [4.78, 5) is 11.5. The zero-order valence-corrected chi connectivity index (χ0v) is 13.1. The van der Waals surface area contributed by atoms with E-state index >= 15 is 0 Å². The predicted octanol–water partition coefficient (Wildman–Crippen LogP) is 2.53. The van der Waals surface area contributed by atoms with Crippen LogP contribution in [0.2, 0.25) is 0 Å². The van der Waals surface area contributed by atoms with Crippen LogP contribution in [-0.4, -0.2) is 32.8 Å². The Bertz CT molecular complexity index is 434. The lowest BCUT2D eigenvalue weighted by molar-refractivity contribution is -0.146. The van der Waals surface area contributed by atoms with E-state index in [1.54, 1.807) is 0 Å². The number of hydrogen-bond donors (Lipinski definition) is 1. The largest absolute Gasteiger partial charge is 0.490 e. The summed E-state index contributed by atoms with van der Waals surface area (Å²) in [6.45, 7) is 5.59. The summed E-state index contributed by atoms with van der Waals surface area (Å²) in [5.41, 5.74) is 1.10. The fraction of sp³-hybridized carbons (Fsp3) is 0.562. The molecule has 0 amide bonds. The lowest BCUT2D eigenvalue weighted by Gasteiger charge is -2.13. The standard InChI is InChI=1S/C16H25NO4/c1-4-6-9-20-16(18)12-21-14-8-7-13(11-17-3)10-15(14)19-5-2/h7-8,10,17H,4-6,9,11-12H2,1-3H3. The van der Waals surface area contributed by atoms with Crippen molar-refractivity contribution in [3.05, 3.63) is 23.8 Å². The number of esters is 1. The second kappa shape index (κ2) is 10.0. The molecule has 118 valence electrons. The number of unbranched alkanes of at least 4 members (excludes halogenated alkanes) is 1. The van der Waals surface area contributed by atoms with Gasteiger partial charge in [0.2, 0.25) is 0 Å². The molecule has 0 aliphatic rings. The van der Waals surface area contributed by atoms with Gasteiger partial charge in [0.05, 0.1) is 13.2 Å². The van der Waals surface area contributed by atoms with E-state index in [9.17, 15) is 4.79 Å². The van der Waals surface area contributed by atoms with Crippen LogP contribution in [0.5, 0.6) is 11.5 Å². The van der Waals surface area contributed by atoms with Gasteiger partial charge in [-0.25, -0.2) is 4.79 Å². The average molecular weight is 295 g/mol. The third-order valence-electron chi connectivity index (χ3n) is 2.80. The van der Waals surface area contributed by atoms with E-state index in [1.165, 1.54) is 0 Å². The molecular weight excluding hydrogens is 270 g/mol. The van der Waals surface area contributed by atoms with Crippen LogP contribution in [0.1, 0.15) is 32.3 Å². The molecular formula is C16H25NO4. The molecule has 5 heteroatoms. The molecule has 0 bridgehead atoms. The van der Waals surface area contributed by atoms with Crippen molar-refractivity contribution in [1.29, 1.82) is 0 Å². The highest BCUT2D eigenvalue weighted by molar-refractivity contribution is 5.71. The zero-order valence-electron chi connectivity index (χ0n) is 13.1. The van der Waals surface area contributed by atoms with Crippen molar-refractivity contribution in [3.8, 4) is 11.5 Å². The van der Waals surface area contributed by atoms with E-state index in [2.05, 4.69) is 5.32 Å². The van der Waals surface area contributed by atoms with Crippen molar-refractivity contribution in [2.75, 3.05) is 26.9 Å². The Hall–Kier alpha value is -1.75. The molecule has 0 aliphatic heterocycles. The summed E-state index contributed by atoms with van der Waals surface area (Å²) in [6.07, 6.45) is 1.87. The fourth-order valence-electron chi connectivity index (χ4n) is 1.76. The first kappa shape index (κ1) is 17.3. The van der Waals surface area contributed by atoms with Gasteiger partial charge in [-0.2, -0.15) is 0 Å². The molecule has 0 heterocycles.